The lowest BCUT2D eigenvalue weighted by molar-refractivity contribution is -0.138. The fraction of sp³-hybridized carbons (Fsp3) is 0.433. The first-order valence-corrected chi connectivity index (χ1v) is 28.8. The number of aromatic amines is 1. The number of nitrogens with zero attached hydrogens (tertiary/aromatic N) is 1. The molecule has 0 radical (unpaired) electrons. The number of rotatable bonds is 36. The largest absolute Gasteiger partial charge is 0.508 e. The van der Waals surface area contributed by atoms with E-state index in [1.807, 2.05) is 38.1 Å². The van der Waals surface area contributed by atoms with Gasteiger partial charge < -0.3 is 90.7 Å². The number of carbonyl (C=O) groups excluding carboxylic acids is 10. The van der Waals surface area contributed by atoms with Crippen LogP contribution in [0.2, 0.25) is 0 Å². The number of H-pyrrole nitrogens is 1. The van der Waals surface area contributed by atoms with Crippen molar-refractivity contribution in [2.45, 2.75) is 127 Å². The molecule has 0 saturated heterocycles. The first kappa shape index (κ1) is 71.4. The average Bonchev–Trinajstić information content (AvgIpc) is 2.56. The molecule has 4 aromatic rings. The molecule has 29 nitrogen and oxygen atoms in total. The molecule has 4 rings (SSSR count). The van der Waals surface area contributed by atoms with E-state index in [1.165, 1.54) is 37.4 Å². The summed E-state index contributed by atoms with van der Waals surface area (Å²) in [5.41, 5.74) is 19.5. The number of carboxylic acid groups (broad SMARTS) is 1. The van der Waals surface area contributed by atoms with Crippen LogP contribution in [0.5, 0.6) is 5.75 Å². The first-order chi connectivity index (χ1) is 42.2. The van der Waals surface area contributed by atoms with Crippen LogP contribution in [-0.4, -0.2) is 167 Å². The fourth-order valence-corrected chi connectivity index (χ4v) is 9.26. The summed E-state index contributed by atoms with van der Waals surface area (Å²) in [5.74, 6) is -9.86. The third-order valence-electron chi connectivity index (χ3n) is 13.9. The fourth-order valence-electron chi connectivity index (χ4n) is 9.26. The minimum atomic E-state index is -1.84. The van der Waals surface area contributed by atoms with Crippen LogP contribution in [0.4, 0.5) is 4.79 Å². The van der Waals surface area contributed by atoms with Gasteiger partial charge in [-0.05, 0) is 73.4 Å². The Balaban J connectivity index is 1.52. The molecule has 0 fully saturated rings. The van der Waals surface area contributed by atoms with Gasteiger partial charge in [0.05, 0.1) is 12.0 Å². The molecular weight excluding hydrogens is 1150 g/mol. The van der Waals surface area contributed by atoms with Gasteiger partial charge in [-0.1, -0.05) is 86.7 Å². The van der Waals surface area contributed by atoms with Gasteiger partial charge in [0.15, 0.2) is 5.96 Å². The predicted octanol–water partition coefficient (Wildman–Crippen LogP) is -1.64. The summed E-state index contributed by atoms with van der Waals surface area (Å²) in [4.78, 5) is 154. The second-order valence-corrected chi connectivity index (χ2v) is 21.6. The molecular formula is C60H83N15O14. The number of guanidine groups is 1. The van der Waals surface area contributed by atoms with Gasteiger partial charge in [-0.2, -0.15) is 0 Å². The highest BCUT2D eigenvalue weighted by molar-refractivity contribution is 5.98. The number of aromatic hydroxyl groups is 1. The summed E-state index contributed by atoms with van der Waals surface area (Å²) in [5, 5.41) is 56.5. The molecule has 0 aliphatic rings. The number of nitrogens with two attached hydrogens (primary N) is 3. The number of fused-ring (bicyclic) bond motifs is 1. The number of aliphatic carboxylic acids is 1. The normalized spacial score (nSPS) is 14.4. The Labute approximate surface area is 514 Å². The number of nitrogens with one attached hydrogen (secondary N) is 11. The number of aliphatic hydroxyl groups is 1. The van der Waals surface area contributed by atoms with Gasteiger partial charge in [0.1, 0.15) is 48.0 Å². The van der Waals surface area contributed by atoms with E-state index in [1.54, 1.807) is 42.6 Å². The molecule has 0 bridgehead atoms. The number of aliphatic hydroxyl groups excluding tert-OH is 1. The number of para-hydroxylation sites is 1. The number of amides is 11. The third kappa shape index (κ3) is 25.1. The van der Waals surface area contributed by atoms with Crippen LogP contribution in [0, 0.1) is 11.8 Å². The summed E-state index contributed by atoms with van der Waals surface area (Å²) >= 11 is 0. The SMILES string of the molecule is CN=C(N)NCCC[C@H](NC(=O)[C@@H](/C=C/CNC(=O)[C@H](Cc1ccccc1)NC(=O)[C@@H](NC(=O)[C@H](CNC(N)=O)NC(=O)[C@H](CCC(=O)O)NC(=O)[C@@H](Cc1ccc(O)cc1)NC(C)=O)[C@@H](C)O)CC(C)C)C(=O)N[C@@H](Cc1c[nH]c2ccccc12)C(N)=O. The summed E-state index contributed by atoms with van der Waals surface area (Å²) in [6, 6.07) is 10.1. The van der Waals surface area contributed by atoms with Crippen molar-refractivity contribution in [2.75, 3.05) is 26.7 Å². The minimum Gasteiger partial charge on any atom is -0.508 e. The molecule has 20 N–H and O–H groups in total. The zero-order valence-electron chi connectivity index (χ0n) is 50.3. The van der Waals surface area contributed by atoms with Crippen molar-refractivity contribution in [3.8, 4) is 5.75 Å². The van der Waals surface area contributed by atoms with Crippen molar-refractivity contribution >= 4 is 82.0 Å². The van der Waals surface area contributed by atoms with E-state index in [0.717, 1.165) is 30.3 Å². The molecule has 0 aliphatic heterocycles. The van der Waals surface area contributed by atoms with Gasteiger partial charge in [-0.3, -0.25) is 52.9 Å². The Hall–Kier alpha value is -10.1. The van der Waals surface area contributed by atoms with Crippen LogP contribution >= 0.6 is 0 Å². The number of carboxylic acids is 1. The van der Waals surface area contributed by atoms with Crippen molar-refractivity contribution in [1.29, 1.82) is 0 Å². The molecule has 89 heavy (non-hydrogen) atoms. The number of benzene rings is 3. The summed E-state index contributed by atoms with van der Waals surface area (Å²) in [7, 11) is 1.50. The Morgan fingerprint density at radius 2 is 1.17 bits per heavy atom. The minimum absolute atomic E-state index is 0.0420. The predicted molar refractivity (Wildman–Crippen MR) is 328 cm³/mol. The van der Waals surface area contributed by atoms with Gasteiger partial charge in [0, 0.05) is 76.4 Å². The Morgan fingerprint density at radius 1 is 0.607 bits per heavy atom. The summed E-state index contributed by atoms with van der Waals surface area (Å²) in [6.45, 7) is 5.45. The second-order valence-electron chi connectivity index (χ2n) is 21.6. The smallest absolute Gasteiger partial charge is 0.312 e. The summed E-state index contributed by atoms with van der Waals surface area (Å²) < 4.78 is 0. The molecule has 0 spiro atoms. The zero-order valence-corrected chi connectivity index (χ0v) is 50.3. The number of hydrogen-bond acceptors (Lipinski definition) is 14. The molecule has 0 unspecified atom stereocenters. The number of carbonyl (C=O) groups is 11. The molecule has 0 aliphatic carbocycles. The van der Waals surface area contributed by atoms with Crippen LogP contribution in [-0.2, 0) is 67.2 Å². The van der Waals surface area contributed by atoms with Gasteiger partial charge in [-0.15, -0.1) is 0 Å². The van der Waals surface area contributed by atoms with Crippen LogP contribution < -0.4 is 70.4 Å². The van der Waals surface area contributed by atoms with Gasteiger partial charge in [-0.25, -0.2) is 4.79 Å². The molecule has 3 aromatic carbocycles. The number of phenols is 1. The number of primary amides is 2. The standard InChI is InChI=1S/C60H83N15O14/c1-33(2)27-38(52(82)70-43(18-12-26-66-59(62)64-5)54(84)72-45(51(61)81)30-39-31-67-42-17-10-9-16-41(39)42)15-11-25-65-53(83)46(28-36-13-7-6-8-14-36)73-58(88)50(34(3)76)75-57(87)48(32-68-60(63)89)74-55(85)44(23-24-49(79)80)71-56(86)47(69-35(4)77)29-37-19-21-40(78)22-20-37/h6-11,13-17,19-22,31,33-34,38,43-48,50,67,76,78H,12,18,23-30,32H2,1-5H3,(H2,61,81)(H,65,83)(H,69,77)(H,70,82)(H,71,86)(H,72,84)(H,73,88)(H,74,85)(H,75,87)(H,79,80)(H3,62,64,66)(H3,63,68,89)/b15-11+/t34-,38+,43+,44+,45+,46+,47-,48+,50+/m1/s1. The van der Waals surface area contributed by atoms with Gasteiger partial charge in [0.25, 0.3) is 0 Å². The van der Waals surface area contributed by atoms with E-state index in [2.05, 4.69) is 63.1 Å². The number of aliphatic imine (C=N–C) groups is 1. The lowest BCUT2D eigenvalue weighted by Gasteiger charge is -2.28. The van der Waals surface area contributed by atoms with E-state index >= 15 is 0 Å². The second kappa shape index (κ2) is 36.2. The van der Waals surface area contributed by atoms with Crippen molar-refractivity contribution in [1.82, 2.24) is 58.2 Å². The third-order valence-corrected chi connectivity index (χ3v) is 13.9. The van der Waals surface area contributed by atoms with Crippen LogP contribution in [0.15, 0.2) is 102 Å². The first-order valence-electron chi connectivity index (χ1n) is 28.8. The Kier molecular flexibility index (Phi) is 29.0. The maximum atomic E-state index is 14.2. The Morgan fingerprint density at radius 3 is 1.78 bits per heavy atom. The highest BCUT2D eigenvalue weighted by Crippen LogP contribution is 2.20. The van der Waals surface area contributed by atoms with E-state index in [0.29, 0.717) is 30.5 Å². The van der Waals surface area contributed by atoms with Crippen molar-refractivity contribution in [2.24, 2.45) is 34.0 Å². The quantitative estimate of drug-likeness (QED) is 0.0105. The van der Waals surface area contributed by atoms with Crippen molar-refractivity contribution in [3.63, 3.8) is 0 Å². The van der Waals surface area contributed by atoms with Crippen LogP contribution in [0.3, 0.4) is 0 Å². The lowest BCUT2D eigenvalue weighted by Crippen LogP contribution is -2.63. The van der Waals surface area contributed by atoms with Crippen LogP contribution in [0.25, 0.3) is 10.9 Å². The zero-order chi connectivity index (χ0) is 65.7. The van der Waals surface area contributed by atoms with Gasteiger partial charge in [0.2, 0.25) is 53.2 Å². The summed E-state index contributed by atoms with van der Waals surface area (Å²) in [6.07, 6.45) is 2.49. The molecule has 1 aromatic heterocycles. The molecule has 482 valence electrons. The van der Waals surface area contributed by atoms with Crippen molar-refractivity contribution in [3.05, 3.63) is 114 Å². The average molecular weight is 1240 g/mol. The number of phenolic OH excluding ortho intramolecular Hbond substituents is 1. The highest BCUT2D eigenvalue weighted by Gasteiger charge is 2.35. The molecule has 29 heteroatoms. The van der Waals surface area contributed by atoms with E-state index in [-0.39, 0.29) is 49.9 Å². The van der Waals surface area contributed by atoms with E-state index < -0.39 is 139 Å². The number of aromatic nitrogens is 1. The van der Waals surface area contributed by atoms with E-state index in [9.17, 15) is 68.1 Å². The highest BCUT2D eigenvalue weighted by atomic mass is 16.4. The molecule has 0 saturated carbocycles. The van der Waals surface area contributed by atoms with Gasteiger partial charge >= 0.3 is 12.0 Å². The molecule has 1 heterocycles. The van der Waals surface area contributed by atoms with E-state index in [4.69, 9.17) is 17.2 Å². The molecule has 9 atom stereocenters. The Bertz CT molecular complexity index is 3140. The maximum absolute atomic E-state index is 14.2. The molecule has 11 amide bonds. The topological polar surface area (TPSA) is 475 Å². The number of hydrogen-bond donors (Lipinski definition) is 17. The monoisotopic (exact) mass is 1240 g/mol. The number of urea groups is 1. The van der Waals surface area contributed by atoms with Crippen LogP contribution in [0.1, 0.15) is 76.5 Å². The lowest BCUT2D eigenvalue weighted by atomic mass is 9.95. The maximum Gasteiger partial charge on any atom is 0.312 e. The van der Waals surface area contributed by atoms with Crippen molar-refractivity contribution < 1.29 is 68.1 Å².